The highest BCUT2D eigenvalue weighted by Gasteiger charge is 2.36. The summed E-state index contributed by atoms with van der Waals surface area (Å²) in [5.41, 5.74) is 0. The lowest BCUT2D eigenvalue weighted by Crippen LogP contribution is -2.41. The minimum atomic E-state index is -0.0323. The molecular formula is C54H102N2O6. The number of nitrogens with one attached hydrogen (secondary N) is 1. The molecule has 1 saturated carbocycles. The predicted molar refractivity (Wildman–Crippen MR) is 260 cm³/mol. The van der Waals surface area contributed by atoms with Crippen molar-refractivity contribution >= 4 is 23.6 Å². The molecule has 0 atom stereocenters. The fraction of sp³-hybridized carbons (Fsp3) is 0.926. The Bertz CT molecular complexity index is 1050. The van der Waals surface area contributed by atoms with E-state index in [1.54, 1.807) is 6.92 Å². The van der Waals surface area contributed by atoms with Gasteiger partial charge in [0.25, 0.3) is 0 Å². The number of amides is 1. The molecule has 0 spiro atoms. The van der Waals surface area contributed by atoms with Gasteiger partial charge in [0.1, 0.15) is 11.9 Å². The number of unbranched alkanes of at least 4 members (excludes halogenated alkanes) is 20. The normalized spacial score (nSPS) is 15.0. The number of nitrogens with zero attached hydrogens (tertiary/aromatic N) is 1. The number of ketones is 1. The van der Waals surface area contributed by atoms with E-state index in [9.17, 15) is 19.2 Å². The van der Waals surface area contributed by atoms with Gasteiger partial charge in [0, 0.05) is 31.2 Å². The van der Waals surface area contributed by atoms with Crippen LogP contribution >= 0.6 is 0 Å². The summed E-state index contributed by atoms with van der Waals surface area (Å²) in [5, 5.41) is 3.13. The molecule has 8 heteroatoms. The number of rotatable bonds is 46. The molecule has 1 N–H and O–H groups in total. The minimum absolute atomic E-state index is 0.00110. The zero-order valence-electron chi connectivity index (χ0n) is 41.7. The van der Waals surface area contributed by atoms with Crippen LogP contribution in [0.3, 0.4) is 0 Å². The monoisotopic (exact) mass is 875 g/mol. The Morgan fingerprint density at radius 2 is 0.952 bits per heavy atom. The molecule has 1 aliphatic rings. The minimum Gasteiger partial charge on any atom is -0.466 e. The highest BCUT2D eigenvalue weighted by Crippen LogP contribution is 2.34. The molecule has 364 valence electrons. The van der Waals surface area contributed by atoms with Crippen molar-refractivity contribution in [2.75, 3.05) is 32.8 Å². The van der Waals surface area contributed by atoms with Crippen LogP contribution in [0.5, 0.6) is 0 Å². The van der Waals surface area contributed by atoms with Crippen molar-refractivity contribution < 1.29 is 28.7 Å². The number of carbonyl (C=O) groups excluding carboxylic acids is 4. The Morgan fingerprint density at radius 1 is 0.500 bits per heavy atom. The molecule has 62 heavy (non-hydrogen) atoms. The average Bonchev–Trinajstić information content (AvgIpc) is 3.23. The van der Waals surface area contributed by atoms with Crippen molar-refractivity contribution in [1.29, 1.82) is 0 Å². The van der Waals surface area contributed by atoms with Gasteiger partial charge in [0.2, 0.25) is 5.91 Å². The van der Waals surface area contributed by atoms with Crippen molar-refractivity contribution in [1.82, 2.24) is 10.2 Å². The van der Waals surface area contributed by atoms with Crippen LogP contribution in [0.4, 0.5) is 0 Å². The topological polar surface area (TPSA) is 102 Å². The number of ether oxygens (including phenoxy) is 2. The third kappa shape index (κ3) is 33.5. The number of carbonyl (C=O) groups is 4. The molecule has 0 unspecified atom stereocenters. The zero-order valence-corrected chi connectivity index (χ0v) is 41.7. The first-order valence-corrected chi connectivity index (χ1v) is 27.1. The van der Waals surface area contributed by atoms with Gasteiger partial charge in [-0.2, -0.15) is 0 Å². The maximum Gasteiger partial charge on any atom is 0.306 e. The molecule has 8 nitrogen and oxygen atoms in total. The predicted octanol–water partition coefficient (Wildman–Crippen LogP) is 14.4. The Hall–Kier alpha value is -1.96. The Balaban J connectivity index is 2.39. The number of esters is 2. The van der Waals surface area contributed by atoms with Gasteiger partial charge >= 0.3 is 11.9 Å². The summed E-state index contributed by atoms with van der Waals surface area (Å²) in [6, 6.07) is 0. The van der Waals surface area contributed by atoms with Crippen LogP contribution < -0.4 is 5.32 Å². The molecule has 0 saturated heterocycles. The number of hydrogen-bond acceptors (Lipinski definition) is 7. The number of hydrogen-bond donors (Lipinski definition) is 1. The van der Waals surface area contributed by atoms with Crippen LogP contribution in [0.2, 0.25) is 0 Å². The average molecular weight is 875 g/mol. The third-order valence-corrected chi connectivity index (χ3v) is 13.5. The SMILES string of the molecule is CCCCCCCCC(CCCCCCCC)OC(=O)CCCCCCCN(CCCCCCCC(=O)OCCC(CCCC)CCCC)CCCNC(=O)C1CC(C(C)=O)C1. The summed E-state index contributed by atoms with van der Waals surface area (Å²) in [7, 11) is 0. The van der Waals surface area contributed by atoms with Crippen molar-refractivity contribution in [2.45, 2.75) is 272 Å². The van der Waals surface area contributed by atoms with Gasteiger partial charge in [0.15, 0.2) is 0 Å². The van der Waals surface area contributed by atoms with E-state index in [0.717, 1.165) is 110 Å². The molecule has 1 fully saturated rings. The molecule has 0 aromatic heterocycles. The molecule has 1 amide bonds. The fourth-order valence-corrected chi connectivity index (χ4v) is 9.07. The van der Waals surface area contributed by atoms with E-state index >= 15 is 0 Å². The van der Waals surface area contributed by atoms with E-state index in [2.05, 4.69) is 37.9 Å². The van der Waals surface area contributed by atoms with E-state index in [4.69, 9.17) is 9.47 Å². The van der Waals surface area contributed by atoms with Crippen LogP contribution in [0, 0.1) is 17.8 Å². The maximum absolute atomic E-state index is 12.9. The van der Waals surface area contributed by atoms with Gasteiger partial charge in [-0.1, -0.05) is 169 Å². The zero-order chi connectivity index (χ0) is 45.3. The lowest BCUT2D eigenvalue weighted by molar-refractivity contribution is -0.150. The summed E-state index contributed by atoms with van der Waals surface area (Å²) in [6.07, 6.45) is 40.1. The molecule has 0 aliphatic heterocycles. The first-order chi connectivity index (χ1) is 30.2. The van der Waals surface area contributed by atoms with Gasteiger partial charge in [-0.25, -0.2) is 0 Å². The summed E-state index contributed by atoms with van der Waals surface area (Å²) in [4.78, 5) is 52.0. The Morgan fingerprint density at radius 3 is 1.47 bits per heavy atom. The second-order valence-electron chi connectivity index (χ2n) is 19.4. The van der Waals surface area contributed by atoms with Crippen LogP contribution in [-0.2, 0) is 28.7 Å². The van der Waals surface area contributed by atoms with Crippen LogP contribution in [0.25, 0.3) is 0 Å². The molecular weight excluding hydrogens is 773 g/mol. The summed E-state index contributed by atoms with van der Waals surface area (Å²) >= 11 is 0. The van der Waals surface area contributed by atoms with Gasteiger partial charge < -0.3 is 19.7 Å². The largest absolute Gasteiger partial charge is 0.466 e. The van der Waals surface area contributed by atoms with Crippen molar-refractivity contribution in [3.63, 3.8) is 0 Å². The molecule has 1 rings (SSSR count). The third-order valence-electron chi connectivity index (χ3n) is 13.5. The number of Topliss-reactive ketones (excluding diaryl/α,β-unsaturated/α-hetero) is 1. The van der Waals surface area contributed by atoms with E-state index in [1.165, 1.54) is 116 Å². The molecule has 1 aliphatic carbocycles. The Labute approximate surface area is 383 Å². The summed E-state index contributed by atoms with van der Waals surface area (Å²) < 4.78 is 11.7. The second kappa shape index (κ2) is 41.7. The van der Waals surface area contributed by atoms with E-state index in [1.807, 2.05) is 0 Å². The van der Waals surface area contributed by atoms with E-state index in [0.29, 0.717) is 44.8 Å². The lowest BCUT2D eigenvalue weighted by Gasteiger charge is -2.32. The van der Waals surface area contributed by atoms with Crippen molar-refractivity contribution in [2.24, 2.45) is 17.8 Å². The second-order valence-corrected chi connectivity index (χ2v) is 19.4. The summed E-state index contributed by atoms with van der Waals surface area (Å²) in [6.45, 7) is 15.0. The Kier molecular flexibility index (Phi) is 39.1. The van der Waals surface area contributed by atoms with Crippen LogP contribution in [0.15, 0.2) is 0 Å². The first kappa shape index (κ1) is 58.1. The van der Waals surface area contributed by atoms with Crippen molar-refractivity contribution in [3.05, 3.63) is 0 Å². The van der Waals surface area contributed by atoms with Gasteiger partial charge in [0.05, 0.1) is 6.61 Å². The lowest BCUT2D eigenvalue weighted by atomic mass is 9.72. The quantitative estimate of drug-likeness (QED) is 0.0480. The molecule has 0 radical (unpaired) electrons. The van der Waals surface area contributed by atoms with Gasteiger partial charge in [-0.05, 0) is 110 Å². The molecule has 0 heterocycles. The van der Waals surface area contributed by atoms with E-state index in [-0.39, 0.29) is 41.6 Å². The van der Waals surface area contributed by atoms with Crippen LogP contribution in [0.1, 0.15) is 266 Å². The van der Waals surface area contributed by atoms with Gasteiger partial charge in [-0.15, -0.1) is 0 Å². The first-order valence-electron chi connectivity index (χ1n) is 27.1. The highest BCUT2D eigenvalue weighted by molar-refractivity contribution is 5.85. The fourth-order valence-electron chi connectivity index (χ4n) is 9.07. The maximum atomic E-state index is 12.9. The highest BCUT2D eigenvalue weighted by atomic mass is 16.5. The van der Waals surface area contributed by atoms with Crippen LogP contribution in [-0.4, -0.2) is 67.4 Å². The summed E-state index contributed by atoms with van der Waals surface area (Å²) in [5.74, 6) is 1.05. The van der Waals surface area contributed by atoms with Gasteiger partial charge in [-0.3, -0.25) is 19.2 Å². The standard InChI is InChI=1S/C54H102N2O6/c1-6-10-14-16-20-26-35-51(36-27-21-17-15-11-7-2)62-53(59)38-29-23-19-25-31-42-56(43-32-40-55-54(60)50-45-49(46-50)47(5)57)41-30-24-18-22-28-37-52(58)61-44-39-48(33-12-8-3)34-13-9-4/h48-51H,6-46H2,1-5H3,(H,55,60). The van der Waals surface area contributed by atoms with Crippen molar-refractivity contribution in [3.8, 4) is 0 Å². The molecule has 0 aromatic carbocycles. The van der Waals surface area contributed by atoms with E-state index < -0.39 is 0 Å². The smallest absolute Gasteiger partial charge is 0.306 e. The molecule has 0 bridgehead atoms. The molecule has 0 aromatic rings.